The molecule has 0 heterocycles. The van der Waals surface area contributed by atoms with E-state index >= 15 is 0 Å². The molecule has 0 unspecified atom stereocenters. The van der Waals surface area contributed by atoms with Crippen LogP contribution in [0.1, 0.15) is 6.92 Å². The average molecular weight is 478 g/mol. The van der Waals surface area contributed by atoms with E-state index in [-0.39, 0.29) is 1.95 Å². The van der Waals surface area contributed by atoms with E-state index in [0.717, 1.165) is 0 Å². The Morgan fingerprint density at radius 3 is 1.00 bits per heavy atom. The maximum absolute atomic E-state index is 5.71. The third kappa shape index (κ3) is 5.15. The summed E-state index contributed by atoms with van der Waals surface area (Å²) < 4.78 is -0.224. The fraction of sp³-hybridized carbons (Fsp3) is 1.00. The summed E-state index contributed by atoms with van der Waals surface area (Å²) in [4.78, 5) is 0. The zero-order valence-corrected chi connectivity index (χ0v) is 15.1. The van der Waals surface area contributed by atoms with Crippen LogP contribution in [-0.2, 0) is 0 Å². The Hall–Kier alpha value is 3.34. The molecule has 0 N–H and O–H groups in total. The molecule has 0 bridgehead atoms. The molecule has 10 heavy (non-hydrogen) atoms. The fourth-order valence-corrected chi connectivity index (χ4v) is 75.2. The van der Waals surface area contributed by atoms with Crippen LogP contribution in [0.15, 0.2) is 0 Å². The van der Waals surface area contributed by atoms with E-state index in [1.54, 1.807) is 6.92 Å². The Balaban J connectivity index is 4.23. The van der Waals surface area contributed by atoms with Gasteiger partial charge in [-0.2, -0.15) is 0 Å². The molecule has 0 amide bonds. The van der Waals surface area contributed by atoms with Crippen LogP contribution in [0.2, 0.25) is 1.95 Å². The zero-order chi connectivity index (χ0) is 8.58. The molecule has 0 saturated heterocycles. The van der Waals surface area contributed by atoms with E-state index in [1.807, 2.05) is 0 Å². The van der Waals surface area contributed by atoms with Crippen LogP contribution in [0, 0.1) is 0 Å². The molecule has 0 radical (unpaired) electrons. The Labute approximate surface area is 90.5 Å². The van der Waals surface area contributed by atoms with Crippen LogP contribution in [-0.4, -0.2) is 30.0 Å². The first kappa shape index (κ1) is 13.3. The van der Waals surface area contributed by atoms with Crippen molar-refractivity contribution in [2.45, 2.75) is 8.87 Å². The fourth-order valence-electron chi connectivity index (χ4n) is 0.186. The van der Waals surface area contributed by atoms with Crippen molar-refractivity contribution in [1.82, 2.24) is 0 Å². The topological polar surface area (TPSA) is 0 Å². The molecule has 0 atom stereocenters. The van der Waals surface area contributed by atoms with Crippen LogP contribution < -0.4 is 0 Å². The van der Waals surface area contributed by atoms with Gasteiger partial charge in [0.2, 0.25) is 0 Å². The van der Waals surface area contributed by atoms with Gasteiger partial charge in [0.25, 0.3) is 0 Å². The van der Waals surface area contributed by atoms with Gasteiger partial charge in [-0.15, -0.1) is 0 Å². The van der Waals surface area contributed by atoms with Gasteiger partial charge in [0.1, 0.15) is 0 Å². The third-order valence-corrected chi connectivity index (χ3v) is 57.4. The monoisotopic (exact) mass is 478 g/mol. The normalized spacial score (nSPS) is 14.4. The van der Waals surface area contributed by atoms with E-state index in [2.05, 4.69) is 0 Å². The number of halogens is 6. The summed E-state index contributed by atoms with van der Waals surface area (Å²) in [5.41, 5.74) is 0. The number of hydrogen-bond acceptors (Lipinski definition) is 0. The summed E-state index contributed by atoms with van der Waals surface area (Å²) >= 11 is -6.93. The van der Waals surface area contributed by atoms with Gasteiger partial charge in [0.15, 0.2) is 0 Å². The summed E-state index contributed by atoms with van der Waals surface area (Å²) in [6.07, 6.45) is 0. The van der Waals surface area contributed by atoms with Crippen LogP contribution in [0.5, 0.6) is 0 Å². The number of rotatable bonds is 2. The van der Waals surface area contributed by atoms with E-state index < -0.39 is 30.0 Å². The Morgan fingerprint density at radius 1 is 0.800 bits per heavy atom. The minimum absolute atomic E-state index is 0.224. The van der Waals surface area contributed by atoms with Crippen molar-refractivity contribution in [2.75, 3.05) is 0 Å². The SMILES string of the molecule is C[CH]([Sn]([Cl])([Cl])[Cl])[Sn]([Cl])([Cl])[Cl]. The van der Waals surface area contributed by atoms with Crippen molar-refractivity contribution in [3.63, 3.8) is 0 Å². The van der Waals surface area contributed by atoms with Crippen LogP contribution in [0.3, 0.4) is 0 Å². The van der Waals surface area contributed by atoms with Crippen LogP contribution in [0.4, 0.5) is 0 Å². The van der Waals surface area contributed by atoms with Crippen molar-refractivity contribution in [2.24, 2.45) is 0 Å². The molecular weight excluding hydrogens is 474 g/mol. The van der Waals surface area contributed by atoms with Crippen molar-refractivity contribution < 1.29 is 0 Å². The van der Waals surface area contributed by atoms with Gasteiger partial charge in [-0.05, 0) is 0 Å². The van der Waals surface area contributed by atoms with Gasteiger partial charge in [-0.1, -0.05) is 0 Å². The second kappa shape index (κ2) is 4.72. The van der Waals surface area contributed by atoms with Crippen molar-refractivity contribution >= 4 is 83.5 Å². The summed E-state index contributed by atoms with van der Waals surface area (Å²) in [6, 6.07) is 0. The Morgan fingerprint density at radius 2 is 1.00 bits per heavy atom. The summed E-state index contributed by atoms with van der Waals surface area (Å²) in [7, 11) is 34.2. The molecule has 62 valence electrons. The predicted molar refractivity (Wildman–Crippen MR) is 56.1 cm³/mol. The van der Waals surface area contributed by atoms with Crippen LogP contribution >= 0.6 is 53.5 Å². The molecule has 0 aromatic carbocycles. The summed E-state index contributed by atoms with van der Waals surface area (Å²) in [5, 5.41) is 0. The molecule has 0 nitrogen and oxygen atoms in total. The van der Waals surface area contributed by atoms with Crippen LogP contribution in [0.25, 0.3) is 0 Å². The predicted octanol–water partition coefficient (Wildman–Crippen LogP) is 4.23. The average Bonchev–Trinajstić information content (AvgIpc) is 1.59. The standard InChI is InChI=1S/C2H4.6ClH.2Sn/c1-2;;;;;;;;/h1H,2H3;6*1H;;/q;;;;;;;2*+3/p-6. The first-order valence-corrected chi connectivity index (χ1v) is 27.3. The third-order valence-electron chi connectivity index (χ3n) is 0.982. The number of hydrogen-bond donors (Lipinski definition) is 0. The molecule has 0 aliphatic carbocycles. The molecule has 0 rings (SSSR count). The molecular formula is C2H4Cl6Sn2. The van der Waals surface area contributed by atoms with E-state index in [4.69, 9.17) is 53.5 Å². The molecule has 0 fully saturated rings. The van der Waals surface area contributed by atoms with Crippen molar-refractivity contribution in [1.29, 1.82) is 0 Å². The molecule has 0 spiro atoms. The minimum atomic E-state index is -3.47. The summed E-state index contributed by atoms with van der Waals surface area (Å²) in [5.74, 6) is 0. The van der Waals surface area contributed by atoms with Gasteiger partial charge >= 0.3 is 92.4 Å². The van der Waals surface area contributed by atoms with Gasteiger partial charge in [-0.3, -0.25) is 0 Å². The molecule has 0 saturated carbocycles. The summed E-state index contributed by atoms with van der Waals surface area (Å²) in [6.45, 7) is 1.73. The van der Waals surface area contributed by atoms with Gasteiger partial charge in [0.05, 0.1) is 0 Å². The Bertz CT molecular complexity index is 97.9. The van der Waals surface area contributed by atoms with Crippen molar-refractivity contribution in [3.05, 3.63) is 0 Å². The van der Waals surface area contributed by atoms with Crippen molar-refractivity contribution in [3.8, 4) is 0 Å². The maximum atomic E-state index is 5.71. The van der Waals surface area contributed by atoms with E-state index in [1.165, 1.54) is 0 Å². The quantitative estimate of drug-likeness (QED) is 0.522. The van der Waals surface area contributed by atoms with Gasteiger partial charge in [0, 0.05) is 0 Å². The van der Waals surface area contributed by atoms with Gasteiger partial charge in [-0.25, -0.2) is 0 Å². The second-order valence-electron chi connectivity index (χ2n) is 1.80. The Kier molecular flexibility index (Phi) is 6.29. The molecule has 0 aromatic heterocycles. The van der Waals surface area contributed by atoms with E-state index in [0.29, 0.717) is 0 Å². The first-order chi connectivity index (χ1) is 4.15. The van der Waals surface area contributed by atoms with E-state index in [9.17, 15) is 0 Å². The molecule has 8 heteroatoms. The molecule has 0 aliphatic heterocycles. The zero-order valence-electron chi connectivity index (χ0n) is 4.85. The molecule has 0 aromatic rings. The molecule has 0 aliphatic rings. The first-order valence-electron chi connectivity index (χ1n) is 2.29. The second-order valence-corrected chi connectivity index (χ2v) is 49.4. The van der Waals surface area contributed by atoms with Gasteiger partial charge < -0.3 is 0 Å².